The van der Waals surface area contributed by atoms with Gasteiger partial charge in [-0.3, -0.25) is 9.89 Å². The number of morpholine rings is 1. The van der Waals surface area contributed by atoms with Gasteiger partial charge in [-0.25, -0.2) is 4.98 Å². The highest BCUT2D eigenvalue weighted by Gasteiger charge is 2.33. The Labute approximate surface area is 145 Å². The van der Waals surface area contributed by atoms with E-state index < -0.39 is 0 Å². The van der Waals surface area contributed by atoms with Crippen LogP contribution in [0.25, 0.3) is 0 Å². The second-order valence-electron chi connectivity index (χ2n) is 6.48. The first kappa shape index (κ1) is 15.8. The molecule has 2 aliphatic rings. The number of hydrogen-bond acceptors (Lipinski definition) is 5. The molecule has 0 aromatic carbocycles. The predicted octanol–water partition coefficient (Wildman–Crippen LogP) is 2.91. The number of nitrogens with zero attached hydrogens (tertiary/aromatic N) is 3. The van der Waals surface area contributed by atoms with Crippen molar-refractivity contribution in [2.75, 3.05) is 19.7 Å². The van der Waals surface area contributed by atoms with E-state index in [0.717, 1.165) is 23.5 Å². The SMILES string of the molecule is CCCc1nc(C2CN(C(=O)c3sccc3C3CC3)CCO2)n[nH]1. The molecule has 2 fully saturated rings. The molecule has 4 rings (SSSR count). The Bertz CT molecular complexity index is 722. The normalized spacial score (nSPS) is 21.2. The van der Waals surface area contributed by atoms with E-state index in [1.807, 2.05) is 10.3 Å². The maximum absolute atomic E-state index is 12.9. The average molecular weight is 346 g/mol. The van der Waals surface area contributed by atoms with Crippen molar-refractivity contribution in [3.05, 3.63) is 33.5 Å². The summed E-state index contributed by atoms with van der Waals surface area (Å²) in [5.41, 5.74) is 1.23. The molecule has 1 atom stereocenters. The summed E-state index contributed by atoms with van der Waals surface area (Å²) in [6.07, 6.45) is 4.07. The predicted molar refractivity (Wildman–Crippen MR) is 91.3 cm³/mol. The lowest BCUT2D eigenvalue weighted by Gasteiger charge is -2.31. The molecular weight excluding hydrogens is 324 g/mol. The Morgan fingerprint density at radius 1 is 1.50 bits per heavy atom. The number of amides is 1. The van der Waals surface area contributed by atoms with E-state index in [1.54, 1.807) is 11.3 Å². The number of thiophene rings is 1. The molecule has 0 radical (unpaired) electrons. The fourth-order valence-corrected chi connectivity index (χ4v) is 4.10. The minimum Gasteiger partial charge on any atom is -0.366 e. The molecule has 1 saturated heterocycles. The maximum atomic E-state index is 12.9. The topological polar surface area (TPSA) is 71.1 Å². The first-order valence-corrected chi connectivity index (χ1v) is 9.53. The van der Waals surface area contributed by atoms with Gasteiger partial charge in [0.05, 0.1) is 18.0 Å². The van der Waals surface area contributed by atoms with Crippen LogP contribution in [0, 0.1) is 0 Å². The van der Waals surface area contributed by atoms with Crippen LogP contribution in [0.2, 0.25) is 0 Å². The van der Waals surface area contributed by atoms with E-state index in [0.29, 0.717) is 31.4 Å². The first-order valence-electron chi connectivity index (χ1n) is 8.65. The van der Waals surface area contributed by atoms with Gasteiger partial charge in [-0.15, -0.1) is 11.3 Å². The molecule has 1 N–H and O–H groups in total. The van der Waals surface area contributed by atoms with Crippen molar-refractivity contribution in [2.24, 2.45) is 0 Å². The number of aromatic nitrogens is 3. The summed E-state index contributed by atoms with van der Waals surface area (Å²) < 4.78 is 5.81. The second kappa shape index (κ2) is 6.64. The summed E-state index contributed by atoms with van der Waals surface area (Å²) in [7, 11) is 0. The lowest BCUT2D eigenvalue weighted by atomic mass is 10.1. The zero-order valence-electron chi connectivity index (χ0n) is 13.8. The quantitative estimate of drug-likeness (QED) is 0.904. The van der Waals surface area contributed by atoms with Gasteiger partial charge in [-0.2, -0.15) is 5.10 Å². The first-order chi connectivity index (χ1) is 11.8. The van der Waals surface area contributed by atoms with Gasteiger partial charge < -0.3 is 9.64 Å². The van der Waals surface area contributed by atoms with Crippen LogP contribution in [0.4, 0.5) is 0 Å². The third-order valence-electron chi connectivity index (χ3n) is 4.58. The van der Waals surface area contributed by atoms with E-state index >= 15 is 0 Å². The number of carbonyl (C=O) groups is 1. The van der Waals surface area contributed by atoms with Gasteiger partial charge in [0.15, 0.2) is 5.82 Å². The van der Waals surface area contributed by atoms with E-state index in [4.69, 9.17) is 4.74 Å². The van der Waals surface area contributed by atoms with Gasteiger partial charge >= 0.3 is 0 Å². The van der Waals surface area contributed by atoms with Crippen molar-refractivity contribution in [2.45, 2.75) is 44.6 Å². The summed E-state index contributed by atoms with van der Waals surface area (Å²) >= 11 is 1.56. The van der Waals surface area contributed by atoms with Gasteiger partial charge in [0.25, 0.3) is 5.91 Å². The van der Waals surface area contributed by atoms with Crippen LogP contribution in [0.5, 0.6) is 0 Å². The minimum absolute atomic E-state index is 0.129. The summed E-state index contributed by atoms with van der Waals surface area (Å²) in [6.45, 7) is 3.78. The van der Waals surface area contributed by atoms with Gasteiger partial charge in [-0.1, -0.05) is 6.92 Å². The molecule has 0 bridgehead atoms. The zero-order valence-corrected chi connectivity index (χ0v) is 14.6. The molecule has 1 aliphatic carbocycles. The van der Waals surface area contributed by atoms with E-state index in [2.05, 4.69) is 28.2 Å². The molecule has 1 unspecified atom stereocenters. The van der Waals surface area contributed by atoms with Crippen LogP contribution >= 0.6 is 11.3 Å². The number of hydrogen-bond donors (Lipinski definition) is 1. The molecule has 1 saturated carbocycles. The third-order valence-corrected chi connectivity index (χ3v) is 5.50. The highest BCUT2D eigenvalue weighted by atomic mass is 32.1. The Morgan fingerprint density at radius 2 is 2.38 bits per heavy atom. The van der Waals surface area contributed by atoms with Crippen molar-refractivity contribution in [1.82, 2.24) is 20.1 Å². The molecule has 0 spiro atoms. The summed E-state index contributed by atoms with van der Waals surface area (Å²) in [5.74, 6) is 2.26. The Morgan fingerprint density at radius 3 is 3.17 bits per heavy atom. The van der Waals surface area contributed by atoms with Crippen LogP contribution in [0.3, 0.4) is 0 Å². The van der Waals surface area contributed by atoms with Crippen molar-refractivity contribution >= 4 is 17.2 Å². The summed E-state index contributed by atoms with van der Waals surface area (Å²) in [4.78, 5) is 20.2. The molecule has 2 aromatic rings. The highest BCUT2D eigenvalue weighted by molar-refractivity contribution is 7.12. The molecule has 128 valence electrons. The number of ether oxygens (including phenoxy) is 1. The number of nitrogens with one attached hydrogen (secondary N) is 1. The van der Waals surface area contributed by atoms with Gasteiger partial charge in [0, 0.05) is 13.0 Å². The Kier molecular flexibility index (Phi) is 4.37. The van der Waals surface area contributed by atoms with Crippen LogP contribution in [0.15, 0.2) is 11.4 Å². The second-order valence-corrected chi connectivity index (χ2v) is 7.40. The number of aryl methyl sites for hydroxylation is 1. The van der Waals surface area contributed by atoms with E-state index in [-0.39, 0.29) is 12.0 Å². The lowest BCUT2D eigenvalue weighted by Crippen LogP contribution is -2.42. The number of H-pyrrole nitrogens is 1. The van der Waals surface area contributed by atoms with E-state index in [9.17, 15) is 4.79 Å². The third kappa shape index (κ3) is 3.10. The average Bonchev–Trinajstić information content (AvgIpc) is 3.15. The van der Waals surface area contributed by atoms with Gasteiger partial charge in [0.2, 0.25) is 0 Å². The van der Waals surface area contributed by atoms with Crippen LogP contribution in [0.1, 0.15) is 65.1 Å². The maximum Gasteiger partial charge on any atom is 0.264 e. The molecular formula is C17H22N4O2S. The molecule has 2 aromatic heterocycles. The largest absolute Gasteiger partial charge is 0.366 e. The fraction of sp³-hybridized carbons (Fsp3) is 0.588. The summed E-state index contributed by atoms with van der Waals surface area (Å²) in [6, 6.07) is 2.11. The van der Waals surface area contributed by atoms with Crippen molar-refractivity contribution in [3.63, 3.8) is 0 Å². The molecule has 1 aliphatic heterocycles. The number of aromatic amines is 1. The van der Waals surface area contributed by atoms with E-state index in [1.165, 1.54) is 18.4 Å². The lowest BCUT2D eigenvalue weighted by molar-refractivity contribution is -0.0265. The van der Waals surface area contributed by atoms with Gasteiger partial charge in [0.1, 0.15) is 11.9 Å². The molecule has 24 heavy (non-hydrogen) atoms. The van der Waals surface area contributed by atoms with Crippen molar-refractivity contribution in [1.29, 1.82) is 0 Å². The van der Waals surface area contributed by atoms with Crippen LogP contribution in [-0.4, -0.2) is 45.7 Å². The molecule has 7 heteroatoms. The number of rotatable bonds is 5. The molecule has 6 nitrogen and oxygen atoms in total. The van der Waals surface area contributed by atoms with Crippen molar-refractivity contribution in [3.8, 4) is 0 Å². The zero-order chi connectivity index (χ0) is 16.5. The van der Waals surface area contributed by atoms with Crippen molar-refractivity contribution < 1.29 is 9.53 Å². The Balaban J connectivity index is 1.47. The summed E-state index contributed by atoms with van der Waals surface area (Å²) in [5, 5.41) is 9.27. The highest BCUT2D eigenvalue weighted by Crippen LogP contribution is 2.43. The number of carbonyl (C=O) groups excluding carboxylic acids is 1. The molecule has 3 heterocycles. The Hall–Kier alpha value is -1.73. The molecule has 1 amide bonds. The minimum atomic E-state index is -0.242. The van der Waals surface area contributed by atoms with Crippen LogP contribution in [-0.2, 0) is 11.2 Å². The standard InChI is InChI=1S/C17H22N4O2S/c1-2-3-14-18-16(20-19-14)13-10-21(7-8-23-13)17(22)15-12(6-9-24-15)11-4-5-11/h6,9,11,13H,2-5,7-8,10H2,1H3,(H,18,19,20). The monoisotopic (exact) mass is 346 g/mol. The van der Waals surface area contributed by atoms with Crippen LogP contribution < -0.4 is 0 Å². The fourth-order valence-electron chi connectivity index (χ4n) is 3.15. The smallest absolute Gasteiger partial charge is 0.264 e. The van der Waals surface area contributed by atoms with Gasteiger partial charge in [-0.05, 0) is 42.2 Å².